The highest BCUT2D eigenvalue weighted by atomic mass is 16.6. The molecule has 0 heterocycles. The maximum absolute atomic E-state index is 11.7. The Bertz CT molecular complexity index is 370. The van der Waals surface area contributed by atoms with E-state index in [1.54, 1.807) is 7.05 Å². The highest BCUT2D eigenvalue weighted by Gasteiger charge is 2.19. The van der Waals surface area contributed by atoms with Gasteiger partial charge in [0.05, 0.1) is 46.2 Å². The minimum Gasteiger partial charge on any atom is -0.480 e. The van der Waals surface area contributed by atoms with E-state index in [0.717, 1.165) is 0 Å². The van der Waals surface area contributed by atoms with E-state index in [1.165, 1.54) is 4.90 Å². The van der Waals surface area contributed by atoms with Gasteiger partial charge in [0.1, 0.15) is 12.2 Å². The van der Waals surface area contributed by atoms with Crippen molar-refractivity contribution in [1.29, 1.82) is 0 Å². The first-order valence-corrected chi connectivity index (χ1v) is 8.19. The average Bonchev–Trinajstić information content (AvgIpc) is 2.49. The summed E-state index contributed by atoms with van der Waals surface area (Å²) in [6.45, 7) is 8.20. The first-order valence-electron chi connectivity index (χ1n) is 8.19. The van der Waals surface area contributed by atoms with Crippen LogP contribution in [0.1, 0.15) is 20.8 Å². The summed E-state index contributed by atoms with van der Waals surface area (Å²) < 4.78 is 25.9. The fourth-order valence-electron chi connectivity index (χ4n) is 1.45. The molecule has 1 N–H and O–H groups in total. The molecule has 0 saturated carbocycles. The van der Waals surface area contributed by atoms with Crippen molar-refractivity contribution in [1.82, 2.24) is 4.90 Å². The lowest BCUT2D eigenvalue weighted by molar-refractivity contribution is -0.142. The normalized spacial score (nSPS) is 11.4. The number of likely N-dealkylation sites (N-methyl/N-ethyl adjacent to an activating group) is 1. The number of nitrogens with zero attached hydrogens (tertiary/aromatic N) is 1. The highest BCUT2D eigenvalue weighted by Crippen LogP contribution is 2.08. The van der Waals surface area contributed by atoms with Gasteiger partial charge < -0.3 is 33.7 Å². The molecule has 0 saturated heterocycles. The Morgan fingerprint density at radius 3 is 1.72 bits per heavy atom. The fraction of sp³-hybridized carbons (Fsp3) is 0.875. The van der Waals surface area contributed by atoms with Gasteiger partial charge in [-0.15, -0.1) is 0 Å². The van der Waals surface area contributed by atoms with E-state index in [4.69, 9.17) is 28.8 Å². The second-order valence-electron chi connectivity index (χ2n) is 6.19. The average molecular weight is 365 g/mol. The molecule has 0 aliphatic heterocycles. The van der Waals surface area contributed by atoms with Gasteiger partial charge in [-0.05, 0) is 20.8 Å². The molecule has 0 spiro atoms. The molecule has 0 bridgehead atoms. The minimum atomic E-state index is -0.999. The Morgan fingerprint density at radius 2 is 1.28 bits per heavy atom. The van der Waals surface area contributed by atoms with Gasteiger partial charge in [-0.3, -0.25) is 0 Å². The zero-order chi connectivity index (χ0) is 19.1. The van der Waals surface area contributed by atoms with Crippen molar-refractivity contribution in [3.63, 3.8) is 0 Å². The van der Waals surface area contributed by atoms with E-state index in [1.807, 2.05) is 20.8 Å². The minimum absolute atomic E-state index is 0.237. The Hall–Kier alpha value is -1.42. The number of hydrogen-bond donors (Lipinski definition) is 1. The van der Waals surface area contributed by atoms with Gasteiger partial charge in [0.2, 0.25) is 0 Å². The number of amides is 1. The van der Waals surface area contributed by atoms with E-state index in [-0.39, 0.29) is 19.3 Å². The summed E-state index contributed by atoms with van der Waals surface area (Å²) in [6, 6.07) is 0. The monoisotopic (exact) mass is 365 g/mol. The molecule has 0 aromatic heterocycles. The van der Waals surface area contributed by atoms with Crippen LogP contribution >= 0.6 is 0 Å². The number of ether oxygens (including phenoxy) is 5. The first kappa shape index (κ1) is 23.6. The molecule has 0 aliphatic carbocycles. The van der Waals surface area contributed by atoms with E-state index in [2.05, 4.69) is 0 Å². The second kappa shape index (κ2) is 13.8. The van der Waals surface area contributed by atoms with Crippen molar-refractivity contribution in [2.75, 3.05) is 66.4 Å². The summed E-state index contributed by atoms with van der Waals surface area (Å²) >= 11 is 0. The summed E-state index contributed by atoms with van der Waals surface area (Å²) in [7, 11) is 1.66. The summed E-state index contributed by atoms with van der Waals surface area (Å²) in [6.07, 6.45) is -0.378. The summed E-state index contributed by atoms with van der Waals surface area (Å²) in [5.74, 6) is -0.999. The largest absolute Gasteiger partial charge is 0.480 e. The van der Waals surface area contributed by atoms with Crippen LogP contribution in [0, 0.1) is 0 Å². The lowest BCUT2D eigenvalue weighted by Gasteiger charge is -2.24. The molecule has 0 unspecified atom stereocenters. The number of hydrogen-bond acceptors (Lipinski definition) is 7. The number of carboxylic acid groups (broad SMARTS) is 1. The van der Waals surface area contributed by atoms with Crippen LogP contribution in [0.5, 0.6) is 0 Å². The van der Waals surface area contributed by atoms with Gasteiger partial charge in [-0.2, -0.15) is 0 Å². The van der Waals surface area contributed by atoms with Crippen molar-refractivity contribution < 1.29 is 38.4 Å². The van der Waals surface area contributed by atoms with Crippen molar-refractivity contribution in [3.05, 3.63) is 0 Å². The summed E-state index contributed by atoms with van der Waals surface area (Å²) in [5.41, 5.74) is -0.509. The Balaban J connectivity index is 3.33. The van der Waals surface area contributed by atoms with Crippen molar-refractivity contribution in [3.8, 4) is 0 Å². The maximum Gasteiger partial charge on any atom is 0.410 e. The molecule has 0 fully saturated rings. The van der Waals surface area contributed by atoms with Crippen LogP contribution in [0.3, 0.4) is 0 Å². The van der Waals surface area contributed by atoms with Crippen LogP contribution in [-0.4, -0.2) is 94.1 Å². The predicted molar refractivity (Wildman–Crippen MR) is 89.8 cm³/mol. The maximum atomic E-state index is 11.7. The van der Waals surface area contributed by atoms with E-state index in [0.29, 0.717) is 46.2 Å². The molecular formula is C16H31NO8. The Morgan fingerprint density at radius 1 is 0.840 bits per heavy atom. The summed E-state index contributed by atoms with van der Waals surface area (Å²) in [4.78, 5) is 23.3. The van der Waals surface area contributed by atoms with Gasteiger partial charge in [0, 0.05) is 13.6 Å². The van der Waals surface area contributed by atoms with Crippen LogP contribution in [-0.2, 0) is 28.5 Å². The topological polar surface area (TPSA) is 104 Å². The molecule has 148 valence electrons. The lowest BCUT2D eigenvalue weighted by Crippen LogP contribution is -2.36. The predicted octanol–water partition coefficient (Wildman–Crippen LogP) is 1.00. The molecule has 9 heteroatoms. The Kier molecular flexibility index (Phi) is 13.0. The van der Waals surface area contributed by atoms with Crippen molar-refractivity contribution in [2.45, 2.75) is 26.4 Å². The molecule has 0 aromatic rings. The van der Waals surface area contributed by atoms with Gasteiger partial charge in [-0.25, -0.2) is 9.59 Å². The molecule has 0 aromatic carbocycles. The third-order valence-corrected chi connectivity index (χ3v) is 2.62. The van der Waals surface area contributed by atoms with Gasteiger partial charge >= 0.3 is 12.1 Å². The fourth-order valence-corrected chi connectivity index (χ4v) is 1.45. The van der Waals surface area contributed by atoms with Crippen LogP contribution in [0.4, 0.5) is 4.79 Å². The molecule has 0 atom stereocenters. The molecule has 9 nitrogen and oxygen atoms in total. The van der Waals surface area contributed by atoms with Crippen molar-refractivity contribution in [2.24, 2.45) is 0 Å². The quantitative estimate of drug-likeness (QED) is 0.455. The van der Waals surface area contributed by atoms with Crippen LogP contribution in [0.25, 0.3) is 0 Å². The van der Waals surface area contributed by atoms with Crippen LogP contribution in [0.15, 0.2) is 0 Å². The van der Waals surface area contributed by atoms with Gasteiger partial charge in [-0.1, -0.05) is 0 Å². The lowest BCUT2D eigenvalue weighted by atomic mass is 10.2. The Labute approximate surface area is 149 Å². The SMILES string of the molecule is CN(CCOCCOCCOCCOCC(=O)O)C(=O)OC(C)(C)C. The van der Waals surface area contributed by atoms with E-state index < -0.39 is 11.6 Å². The zero-order valence-electron chi connectivity index (χ0n) is 15.6. The highest BCUT2D eigenvalue weighted by molar-refractivity contribution is 5.68. The standard InChI is InChI=1S/C16H31NO8/c1-16(2,3)25-15(20)17(4)5-6-21-7-8-22-9-10-23-11-12-24-13-14(18)19/h5-13H2,1-4H3,(H,18,19). The molecule has 0 aliphatic rings. The molecule has 0 radical (unpaired) electrons. The third-order valence-electron chi connectivity index (χ3n) is 2.62. The molecular weight excluding hydrogens is 334 g/mol. The number of carbonyl (C=O) groups is 2. The first-order chi connectivity index (χ1) is 11.7. The second-order valence-corrected chi connectivity index (χ2v) is 6.19. The van der Waals surface area contributed by atoms with Crippen LogP contribution in [0.2, 0.25) is 0 Å². The van der Waals surface area contributed by atoms with E-state index >= 15 is 0 Å². The number of carbonyl (C=O) groups excluding carboxylic acids is 1. The van der Waals surface area contributed by atoms with Crippen LogP contribution < -0.4 is 0 Å². The molecule has 1 amide bonds. The number of rotatable bonds is 14. The zero-order valence-corrected chi connectivity index (χ0v) is 15.6. The summed E-state index contributed by atoms with van der Waals surface area (Å²) in [5, 5.41) is 8.35. The van der Waals surface area contributed by atoms with Gasteiger partial charge in [0.15, 0.2) is 0 Å². The molecule has 25 heavy (non-hydrogen) atoms. The number of carboxylic acids is 1. The van der Waals surface area contributed by atoms with Gasteiger partial charge in [0.25, 0.3) is 0 Å². The smallest absolute Gasteiger partial charge is 0.410 e. The molecule has 0 rings (SSSR count). The van der Waals surface area contributed by atoms with E-state index in [9.17, 15) is 9.59 Å². The number of aliphatic carboxylic acids is 1. The van der Waals surface area contributed by atoms with Crippen molar-refractivity contribution >= 4 is 12.1 Å². The third kappa shape index (κ3) is 17.2.